The van der Waals surface area contributed by atoms with Crippen LogP contribution in [-0.4, -0.2) is 44.9 Å². The molecular formula is C19H21ClN2O4S. The number of carbonyl (C=O) groups excluding carboxylic acids is 1. The third-order valence-corrected chi connectivity index (χ3v) is 6.41. The standard InChI is InChI=1S/C19H21ClN2O4S/c20-18-7-3-6-15(12-18)19(23)21-13-16-4-1-2-5-17(16)14-27(24,25)22-8-10-26-11-9-22/h1-7,12H,8-11,13-14H2,(H,21,23). The van der Waals surface area contributed by atoms with E-state index in [2.05, 4.69) is 5.32 Å². The van der Waals surface area contributed by atoms with Crippen molar-refractivity contribution in [2.24, 2.45) is 0 Å². The molecule has 0 unspecified atom stereocenters. The van der Waals surface area contributed by atoms with Gasteiger partial charge in [-0.1, -0.05) is 41.9 Å². The normalized spacial score (nSPS) is 15.4. The maximum absolute atomic E-state index is 12.7. The fraction of sp³-hybridized carbons (Fsp3) is 0.316. The molecule has 0 spiro atoms. The van der Waals surface area contributed by atoms with Crippen LogP contribution in [-0.2, 0) is 27.1 Å². The number of benzene rings is 2. The number of morpholine rings is 1. The first-order valence-corrected chi connectivity index (χ1v) is 10.6. The molecule has 2 aromatic rings. The van der Waals surface area contributed by atoms with Gasteiger partial charge < -0.3 is 10.1 Å². The summed E-state index contributed by atoms with van der Waals surface area (Å²) in [5.41, 5.74) is 1.90. The highest BCUT2D eigenvalue weighted by Gasteiger charge is 2.25. The Morgan fingerprint density at radius 2 is 1.78 bits per heavy atom. The number of ether oxygens (including phenoxy) is 1. The molecule has 8 heteroatoms. The summed E-state index contributed by atoms with van der Waals surface area (Å²) in [5, 5.41) is 3.31. The summed E-state index contributed by atoms with van der Waals surface area (Å²) in [7, 11) is -3.43. The quantitative estimate of drug-likeness (QED) is 0.796. The van der Waals surface area contributed by atoms with Crippen LogP contribution in [0.1, 0.15) is 21.5 Å². The highest BCUT2D eigenvalue weighted by molar-refractivity contribution is 7.88. The minimum Gasteiger partial charge on any atom is -0.379 e. The number of hydrogen-bond donors (Lipinski definition) is 1. The van der Waals surface area contributed by atoms with Crippen molar-refractivity contribution in [1.29, 1.82) is 0 Å². The molecular weight excluding hydrogens is 388 g/mol. The average Bonchev–Trinajstić information content (AvgIpc) is 2.67. The van der Waals surface area contributed by atoms with Crippen LogP contribution < -0.4 is 5.32 Å². The van der Waals surface area contributed by atoms with Gasteiger partial charge in [-0.05, 0) is 29.3 Å². The molecule has 1 aliphatic rings. The van der Waals surface area contributed by atoms with Gasteiger partial charge in [-0.2, -0.15) is 4.31 Å². The van der Waals surface area contributed by atoms with Crippen LogP contribution in [0.2, 0.25) is 5.02 Å². The zero-order valence-corrected chi connectivity index (χ0v) is 16.3. The highest BCUT2D eigenvalue weighted by Crippen LogP contribution is 2.17. The summed E-state index contributed by atoms with van der Waals surface area (Å²) in [6.45, 7) is 1.80. The van der Waals surface area contributed by atoms with E-state index in [-0.39, 0.29) is 18.2 Å². The van der Waals surface area contributed by atoms with E-state index in [4.69, 9.17) is 16.3 Å². The van der Waals surface area contributed by atoms with E-state index >= 15 is 0 Å². The number of rotatable bonds is 6. The van der Waals surface area contributed by atoms with E-state index in [1.54, 1.807) is 36.4 Å². The van der Waals surface area contributed by atoms with Gasteiger partial charge in [0.1, 0.15) is 0 Å². The van der Waals surface area contributed by atoms with E-state index in [1.165, 1.54) is 4.31 Å². The topological polar surface area (TPSA) is 75.7 Å². The van der Waals surface area contributed by atoms with Crippen LogP contribution >= 0.6 is 11.6 Å². The van der Waals surface area contributed by atoms with Gasteiger partial charge in [0.25, 0.3) is 5.91 Å². The fourth-order valence-corrected chi connectivity index (χ4v) is 4.64. The van der Waals surface area contributed by atoms with Crippen LogP contribution in [0.3, 0.4) is 0 Å². The Bertz CT molecular complexity index is 911. The minimum atomic E-state index is -3.43. The van der Waals surface area contributed by atoms with Crippen molar-refractivity contribution in [2.45, 2.75) is 12.3 Å². The number of nitrogens with zero attached hydrogens (tertiary/aromatic N) is 1. The molecule has 1 aliphatic heterocycles. The summed E-state index contributed by atoms with van der Waals surface area (Å²) in [5.74, 6) is -0.362. The Balaban J connectivity index is 1.69. The number of amides is 1. The molecule has 3 rings (SSSR count). The van der Waals surface area contributed by atoms with E-state index in [0.717, 1.165) is 5.56 Å². The highest BCUT2D eigenvalue weighted by atomic mass is 35.5. The Morgan fingerprint density at radius 3 is 2.48 bits per heavy atom. The van der Waals surface area contributed by atoms with Gasteiger partial charge in [-0.25, -0.2) is 8.42 Å². The molecule has 6 nitrogen and oxygen atoms in total. The smallest absolute Gasteiger partial charge is 0.251 e. The van der Waals surface area contributed by atoms with Crippen molar-refractivity contribution in [3.8, 4) is 0 Å². The molecule has 144 valence electrons. The van der Waals surface area contributed by atoms with Crippen molar-refractivity contribution in [2.75, 3.05) is 26.3 Å². The maximum Gasteiger partial charge on any atom is 0.251 e. The van der Waals surface area contributed by atoms with Crippen LogP contribution in [0.15, 0.2) is 48.5 Å². The van der Waals surface area contributed by atoms with Gasteiger partial charge in [-0.15, -0.1) is 0 Å². The fourth-order valence-electron chi connectivity index (χ4n) is 2.89. The lowest BCUT2D eigenvalue weighted by Gasteiger charge is -2.26. The van der Waals surface area contributed by atoms with Gasteiger partial charge in [-0.3, -0.25) is 4.79 Å². The van der Waals surface area contributed by atoms with Crippen molar-refractivity contribution in [3.63, 3.8) is 0 Å². The number of hydrogen-bond acceptors (Lipinski definition) is 4. The number of nitrogens with one attached hydrogen (secondary N) is 1. The molecule has 1 amide bonds. The third kappa shape index (κ3) is 5.29. The van der Waals surface area contributed by atoms with E-state index in [9.17, 15) is 13.2 Å². The molecule has 0 radical (unpaired) electrons. The number of halogens is 1. The average molecular weight is 409 g/mol. The second-order valence-corrected chi connectivity index (χ2v) is 8.63. The zero-order valence-electron chi connectivity index (χ0n) is 14.7. The largest absolute Gasteiger partial charge is 0.379 e. The molecule has 1 heterocycles. The summed E-state index contributed by atoms with van der Waals surface area (Å²) < 4.78 is 32.0. The Hall–Kier alpha value is -1.93. The van der Waals surface area contributed by atoms with E-state index in [0.29, 0.717) is 42.5 Å². The first kappa shape index (κ1) is 19.8. The summed E-state index contributed by atoms with van der Waals surface area (Å²) in [4.78, 5) is 12.3. The Kier molecular flexibility index (Phi) is 6.49. The van der Waals surface area contributed by atoms with Gasteiger partial charge in [0.2, 0.25) is 10.0 Å². The SMILES string of the molecule is O=C(NCc1ccccc1CS(=O)(=O)N1CCOCC1)c1cccc(Cl)c1. The molecule has 1 N–H and O–H groups in total. The van der Waals surface area contributed by atoms with Crippen molar-refractivity contribution < 1.29 is 17.9 Å². The molecule has 1 saturated heterocycles. The molecule has 0 saturated carbocycles. The summed E-state index contributed by atoms with van der Waals surface area (Å²) in [6.07, 6.45) is 0. The lowest BCUT2D eigenvalue weighted by Crippen LogP contribution is -2.41. The molecule has 1 fully saturated rings. The van der Waals surface area contributed by atoms with E-state index in [1.807, 2.05) is 12.1 Å². The van der Waals surface area contributed by atoms with Crippen LogP contribution in [0, 0.1) is 0 Å². The minimum absolute atomic E-state index is 0.101. The van der Waals surface area contributed by atoms with Crippen molar-refractivity contribution in [1.82, 2.24) is 9.62 Å². The number of sulfonamides is 1. The third-order valence-electron chi connectivity index (χ3n) is 4.35. The van der Waals surface area contributed by atoms with Crippen molar-refractivity contribution in [3.05, 3.63) is 70.2 Å². The summed E-state index contributed by atoms with van der Waals surface area (Å²) >= 11 is 5.92. The van der Waals surface area contributed by atoms with Gasteiger partial charge in [0, 0.05) is 30.2 Å². The van der Waals surface area contributed by atoms with Crippen molar-refractivity contribution >= 4 is 27.5 Å². The predicted molar refractivity (Wildman–Crippen MR) is 104 cm³/mol. The van der Waals surface area contributed by atoms with Gasteiger partial charge in [0.05, 0.1) is 19.0 Å². The first-order valence-electron chi connectivity index (χ1n) is 8.62. The molecule has 27 heavy (non-hydrogen) atoms. The Labute approximate surface area is 164 Å². The predicted octanol–water partition coefficient (Wildman–Crippen LogP) is 2.43. The van der Waals surface area contributed by atoms with E-state index < -0.39 is 10.0 Å². The summed E-state index contributed by atoms with van der Waals surface area (Å²) in [6, 6.07) is 13.9. The second kappa shape index (κ2) is 8.84. The molecule has 0 aromatic heterocycles. The lowest BCUT2D eigenvalue weighted by molar-refractivity contribution is 0.0729. The molecule has 0 atom stereocenters. The molecule has 2 aromatic carbocycles. The van der Waals surface area contributed by atoms with Gasteiger partial charge in [0.15, 0.2) is 0 Å². The maximum atomic E-state index is 12.7. The lowest BCUT2D eigenvalue weighted by atomic mass is 10.1. The number of carbonyl (C=O) groups is 1. The van der Waals surface area contributed by atoms with Crippen LogP contribution in [0.4, 0.5) is 0 Å². The van der Waals surface area contributed by atoms with Crippen LogP contribution in [0.5, 0.6) is 0 Å². The monoisotopic (exact) mass is 408 g/mol. The Morgan fingerprint density at radius 1 is 1.07 bits per heavy atom. The first-order chi connectivity index (χ1) is 13.0. The second-order valence-electron chi connectivity index (χ2n) is 6.23. The van der Waals surface area contributed by atoms with Gasteiger partial charge >= 0.3 is 0 Å². The zero-order chi connectivity index (χ0) is 19.3. The molecule has 0 bridgehead atoms. The molecule has 0 aliphatic carbocycles. The van der Waals surface area contributed by atoms with Crippen LogP contribution in [0.25, 0.3) is 0 Å².